The zero-order valence-electron chi connectivity index (χ0n) is 10.2. The monoisotopic (exact) mass is 374 g/mol. The van der Waals surface area contributed by atoms with Crippen molar-refractivity contribution in [2.24, 2.45) is 0 Å². The molecule has 0 saturated carbocycles. The third-order valence-corrected chi connectivity index (χ3v) is 4.30. The van der Waals surface area contributed by atoms with Gasteiger partial charge in [-0.3, -0.25) is 5.32 Å². The minimum Gasteiger partial charge on any atom is -0.421 e. The van der Waals surface area contributed by atoms with E-state index in [4.69, 9.17) is 0 Å². The fraction of sp³-hybridized carbons (Fsp3) is 0.250. The van der Waals surface area contributed by atoms with E-state index in [1.165, 1.54) is 0 Å². The molecule has 14 heteroatoms. The molecule has 1 heterocycles. The fourth-order valence-corrected chi connectivity index (χ4v) is 2.37. The molecule has 1 aliphatic rings. The summed E-state index contributed by atoms with van der Waals surface area (Å²) < 4.78 is 109. The number of rotatable bonds is 2. The second-order valence-electron chi connectivity index (χ2n) is 3.26. The Morgan fingerprint density at radius 1 is 0.682 bits per heavy atom. The predicted molar refractivity (Wildman–Crippen MR) is 62.7 cm³/mol. The van der Waals surface area contributed by atoms with Crippen LogP contribution in [0.4, 0.5) is 26.3 Å². The third kappa shape index (κ3) is 6.59. The summed E-state index contributed by atoms with van der Waals surface area (Å²) in [6.45, 7) is 0. The summed E-state index contributed by atoms with van der Waals surface area (Å²) in [6, 6.07) is 0. The molecule has 1 rings (SSSR count). The Morgan fingerprint density at radius 3 is 1.27 bits per heavy atom. The molecule has 0 bridgehead atoms. The summed E-state index contributed by atoms with van der Waals surface area (Å²) >= 11 is 0. The second kappa shape index (κ2) is 7.26. The highest BCUT2D eigenvalue weighted by atomic mass is 32.3. The van der Waals surface area contributed by atoms with Crippen molar-refractivity contribution in [3.8, 4) is 0 Å². The van der Waals surface area contributed by atoms with Gasteiger partial charge in [-0.15, -0.1) is 0 Å². The molecule has 2 N–H and O–H groups in total. The molecule has 0 atom stereocenters. The van der Waals surface area contributed by atoms with Crippen LogP contribution >= 0.6 is 0 Å². The number of quaternary nitrogens is 1. The van der Waals surface area contributed by atoms with Gasteiger partial charge in [-0.1, -0.05) is 12.2 Å². The molecule has 0 amide bonds. The van der Waals surface area contributed by atoms with Crippen molar-refractivity contribution in [2.75, 3.05) is 0 Å². The molecule has 128 valence electrons. The maximum atomic E-state index is 11.4. The van der Waals surface area contributed by atoms with Crippen molar-refractivity contribution >= 4 is 20.0 Å². The highest BCUT2D eigenvalue weighted by Crippen LogP contribution is 2.36. The quantitative estimate of drug-likeness (QED) is 0.735. The molecule has 0 fully saturated rings. The number of allylic oxidation sites excluding steroid dienone is 4. The molecular formula is C8H8F6N2O4S2. The van der Waals surface area contributed by atoms with Gasteiger partial charge in [0.2, 0.25) is 0 Å². The number of nitrogens with two attached hydrogens (primary N) is 1. The number of hydrogen-bond donors (Lipinski definition) is 1. The third-order valence-electron chi connectivity index (χ3n) is 1.56. The van der Waals surface area contributed by atoms with Gasteiger partial charge in [0.05, 0.1) is 12.4 Å². The molecule has 0 unspecified atom stereocenters. The first kappa shape index (κ1) is 20.6. The van der Waals surface area contributed by atoms with Crippen LogP contribution < -0.4 is 5.32 Å². The maximum absolute atomic E-state index is 11.4. The summed E-state index contributed by atoms with van der Waals surface area (Å²) in [5.41, 5.74) is -12.4. The Labute approximate surface area is 121 Å². The van der Waals surface area contributed by atoms with Gasteiger partial charge in [-0.25, -0.2) is 16.8 Å². The van der Waals surface area contributed by atoms with Gasteiger partial charge >= 0.3 is 11.0 Å². The first-order chi connectivity index (χ1) is 9.71. The lowest BCUT2D eigenvalue weighted by Gasteiger charge is -2.22. The standard InChI is InChI=1S/C6H7N.C2F6NO4S2/c1-2-4-6-7-5-3-1;3-1(4,5)14(10,11)9-15(12,13)2(6,7)8/h1-7H;/q;-1/p+1. The highest BCUT2D eigenvalue weighted by molar-refractivity contribution is 8.13. The van der Waals surface area contributed by atoms with Crippen molar-refractivity contribution < 1.29 is 48.5 Å². The molecule has 0 radical (unpaired) electrons. The van der Waals surface area contributed by atoms with Crippen LogP contribution in [0.15, 0.2) is 36.7 Å². The average molecular weight is 374 g/mol. The molecule has 0 aromatic rings. The van der Waals surface area contributed by atoms with Crippen molar-refractivity contribution in [1.82, 2.24) is 0 Å². The molecule has 1 aliphatic heterocycles. The van der Waals surface area contributed by atoms with Gasteiger partial charge < -0.3 is 4.13 Å². The number of hydrogen-bond acceptors (Lipinski definition) is 4. The van der Waals surface area contributed by atoms with E-state index in [2.05, 4.69) is 0 Å². The van der Waals surface area contributed by atoms with Crippen molar-refractivity contribution in [2.45, 2.75) is 11.0 Å². The molecule has 0 saturated heterocycles. The summed E-state index contributed by atoms with van der Waals surface area (Å²) in [5, 5.41) is 2.00. The van der Waals surface area contributed by atoms with Crippen LogP contribution in [0, 0.1) is 0 Å². The Balaban J connectivity index is 0.000000518. The van der Waals surface area contributed by atoms with E-state index in [1.807, 2.05) is 42.0 Å². The first-order valence-electron chi connectivity index (χ1n) is 4.91. The van der Waals surface area contributed by atoms with Crippen LogP contribution in [0.2, 0.25) is 0 Å². The van der Waals surface area contributed by atoms with Gasteiger partial charge in [0.15, 0.2) is 20.0 Å². The van der Waals surface area contributed by atoms with Crippen molar-refractivity contribution in [1.29, 1.82) is 0 Å². The van der Waals surface area contributed by atoms with E-state index in [0.717, 1.165) is 4.13 Å². The van der Waals surface area contributed by atoms with Crippen LogP contribution in [0.25, 0.3) is 4.13 Å². The average Bonchev–Trinajstić information content (AvgIpc) is 2.56. The molecular weight excluding hydrogens is 366 g/mol. The van der Waals surface area contributed by atoms with Crippen LogP contribution in [0.3, 0.4) is 0 Å². The van der Waals surface area contributed by atoms with Crippen LogP contribution in [0.5, 0.6) is 0 Å². The van der Waals surface area contributed by atoms with E-state index in [9.17, 15) is 43.2 Å². The van der Waals surface area contributed by atoms with Crippen LogP contribution in [0.1, 0.15) is 0 Å². The van der Waals surface area contributed by atoms with Crippen molar-refractivity contribution in [3.63, 3.8) is 0 Å². The molecule has 22 heavy (non-hydrogen) atoms. The Bertz CT molecular complexity index is 602. The van der Waals surface area contributed by atoms with Crippen molar-refractivity contribution in [3.05, 3.63) is 40.8 Å². The number of halogens is 6. The minimum atomic E-state index is -6.72. The van der Waals surface area contributed by atoms with Gasteiger partial charge in [0, 0.05) is 0 Å². The smallest absolute Gasteiger partial charge is 0.421 e. The molecule has 0 spiro atoms. The molecule has 0 aromatic carbocycles. The lowest BCUT2D eigenvalue weighted by molar-refractivity contribution is -0.513. The van der Waals surface area contributed by atoms with E-state index >= 15 is 0 Å². The Morgan fingerprint density at radius 2 is 1.00 bits per heavy atom. The Hall–Kier alpha value is -1.38. The first-order valence-corrected chi connectivity index (χ1v) is 7.79. The van der Waals surface area contributed by atoms with E-state index in [1.54, 1.807) is 0 Å². The van der Waals surface area contributed by atoms with Gasteiger partial charge in [0.1, 0.15) is 0 Å². The Kier molecular flexibility index (Phi) is 6.80. The maximum Gasteiger partial charge on any atom is 0.480 e. The van der Waals surface area contributed by atoms with Gasteiger partial charge in [-0.05, 0) is 12.2 Å². The second-order valence-corrected chi connectivity index (χ2v) is 6.69. The molecule has 6 nitrogen and oxygen atoms in total. The van der Waals surface area contributed by atoms with Gasteiger partial charge in [0.25, 0.3) is 0 Å². The van der Waals surface area contributed by atoms with Gasteiger partial charge in [-0.2, -0.15) is 26.3 Å². The SMILES string of the molecule is C1=CC=C[NH2+]C=C1.O=S(=O)([N-]S(=O)(=O)C(F)(F)F)C(F)(F)F. The normalized spacial score (nSPS) is 15.9. The summed E-state index contributed by atoms with van der Waals surface area (Å²) in [7, 11) is -13.4. The van der Waals surface area contributed by atoms with E-state index in [0.29, 0.717) is 0 Å². The molecule has 0 aliphatic carbocycles. The number of nitrogens with zero attached hydrogens (tertiary/aromatic N) is 1. The lowest BCUT2D eigenvalue weighted by atomic mass is 10.5. The fourth-order valence-electron chi connectivity index (χ4n) is 0.663. The zero-order valence-corrected chi connectivity index (χ0v) is 11.8. The zero-order chi connectivity index (χ0) is 17.7. The number of alkyl halides is 6. The predicted octanol–water partition coefficient (Wildman–Crippen LogP) is 1.21. The summed E-state index contributed by atoms with van der Waals surface area (Å²) in [4.78, 5) is 0. The number of sulfonamides is 2. The van der Waals surface area contributed by atoms with Crippen LogP contribution in [-0.4, -0.2) is 27.9 Å². The van der Waals surface area contributed by atoms with Crippen LogP contribution in [-0.2, 0) is 20.0 Å². The minimum absolute atomic E-state index is 0.778. The van der Waals surface area contributed by atoms with E-state index in [-0.39, 0.29) is 0 Å². The summed E-state index contributed by atoms with van der Waals surface area (Å²) in [5.74, 6) is 0. The topological polar surface area (TPSA) is 99.0 Å². The van der Waals surface area contributed by atoms with E-state index < -0.39 is 31.1 Å². The lowest BCUT2D eigenvalue weighted by Crippen LogP contribution is -2.70. The molecule has 0 aromatic heterocycles. The largest absolute Gasteiger partial charge is 0.480 e. The highest BCUT2D eigenvalue weighted by Gasteiger charge is 2.46. The summed E-state index contributed by atoms with van der Waals surface area (Å²) in [6.07, 6.45) is 12.0.